The Hall–Kier alpha value is -1.56. The number of amides is 1. The Labute approximate surface area is 131 Å². The molecule has 1 aromatic carbocycles. The van der Waals surface area contributed by atoms with Gasteiger partial charge in [0.25, 0.3) is 0 Å². The molecule has 2 atom stereocenters. The largest absolute Gasteiger partial charge is 0.356 e. The van der Waals surface area contributed by atoms with E-state index in [1.807, 2.05) is 17.0 Å². The van der Waals surface area contributed by atoms with Crippen molar-refractivity contribution in [1.82, 2.24) is 5.32 Å². The molecular formula is C16H22N2O3S. The predicted octanol–water partition coefficient (Wildman–Crippen LogP) is 1.09. The van der Waals surface area contributed by atoms with Gasteiger partial charge in [-0.25, -0.2) is 8.42 Å². The molecule has 2 aliphatic heterocycles. The monoisotopic (exact) mass is 322 g/mol. The lowest BCUT2D eigenvalue weighted by Crippen LogP contribution is -2.60. The van der Waals surface area contributed by atoms with E-state index in [0.29, 0.717) is 0 Å². The van der Waals surface area contributed by atoms with Crippen molar-refractivity contribution in [3.8, 4) is 0 Å². The number of nitrogens with zero attached hydrogens (tertiary/aromatic N) is 1. The molecule has 0 aromatic heterocycles. The Balaban J connectivity index is 1.91. The number of benzene rings is 1. The first kappa shape index (κ1) is 15.3. The number of rotatable bonds is 1. The van der Waals surface area contributed by atoms with Crippen molar-refractivity contribution in [2.45, 2.75) is 38.3 Å². The normalized spacial score (nSPS) is 27.4. The van der Waals surface area contributed by atoms with Crippen LogP contribution in [0.2, 0.25) is 0 Å². The summed E-state index contributed by atoms with van der Waals surface area (Å²) >= 11 is 0. The first-order valence-corrected chi connectivity index (χ1v) is 9.35. The van der Waals surface area contributed by atoms with E-state index in [9.17, 15) is 13.2 Å². The molecule has 2 saturated heterocycles. The van der Waals surface area contributed by atoms with Gasteiger partial charge in [0, 0.05) is 5.69 Å². The van der Waals surface area contributed by atoms with Gasteiger partial charge in [-0.05, 0) is 23.1 Å². The Bertz CT molecular complexity index is 689. The van der Waals surface area contributed by atoms with E-state index in [1.165, 1.54) is 5.56 Å². The van der Waals surface area contributed by atoms with Gasteiger partial charge in [-0.2, -0.15) is 0 Å². The summed E-state index contributed by atoms with van der Waals surface area (Å²) in [6.07, 6.45) is 0. The van der Waals surface area contributed by atoms with Crippen molar-refractivity contribution >= 4 is 21.4 Å². The molecule has 3 rings (SSSR count). The van der Waals surface area contributed by atoms with Gasteiger partial charge >= 0.3 is 0 Å². The van der Waals surface area contributed by atoms with Crippen LogP contribution < -0.4 is 10.2 Å². The number of hydrogen-bond acceptors (Lipinski definition) is 4. The number of sulfone groups is 1. The van der Waals surface area contributed by atoms with Crippen molar-refractivity contribution in [1.29, 1.82) is 0 Å². The Kier molecular flexibility index (Phi) is 3.47. The van der Waals surface area contributed by atoms with Crippen LogP contribution in [-0.2, 0) is 20.0 Å². The average Bonchev–Trinajstić information content (AvgIpc) is 2.71. The molecule has 0 saturated carbocycles. The van der Waals surface area contributed by atoms with Crippen molar-refractivity contribution in [3.05, 3.63) is 29.8 Å². The number of fused-ring (bicyclic) bond motifs is 1. The molecule has 120 valence electrons. The van der Waals surface area contributed by atoms with Crippen LogP contribution in [-0.4, -0.2) is 44.5 Å². The minimum atomic E-state index is -3.08. The van der Waals surface area contributed by atoms with Gasteiger partial charge in [0.15, 0.2) is 9.84 Å². The van der Waals surface area contributed by atoms with Gasteiger partial charge in [0.05, 0.1) is 30.1 Å². The van der Waals surface area contributed by atoms with Crippen molar-refractivity contribution in [3.63, 3.8) is 0 Å². The molecule has 2 unspecified atom stereocenters. The van der Waals surface area contributed by atoms with Crippen LogP contribution in [0.1, 0.15) is 26.3 Å². The SMILES string of the molecule is CC(C)(C)c1ccc(N2CC(=O)NC3CS(=O)(=O)CC32)cc1. The zero-order valence-electron chi connectivity index (χ0n) is 13.2. The highest BCUT2D eigenvalue weighted by atomic mass is 32.2. The van der Waals surface area contributed by atoms with Crippen LogP contribution in [0.5, 0.6) is 0 Å². The fourth-order valence-electron chi connectivity index (χ4n) is 3.23. The van der Waals surface area contributed by atoms with E-state index in [4.69, 9.17) is 0 Å². The van der Waals surface area contributed by atoms with Gasteiger partial charge in [-0.1, -0.05) is 32.9 Å². The third kappa shape index (κ3) is 2.84. The van der Waals surface area contributed by atoms with Crippen LogP contribution >= 0.6 is 0 Å². The highest BCUT2D eigenvalue weighted by Gasteiger charge is 2.45. The molecule has 2 heterocycles. The molecule has 1 N–H and O–H groups in total. The van der Waals surface area contributed by atoms with Crippen molar-refractivity contribution < 1.29 is 13.2 Å². The molecule has 0 aliphatic carbocycles. The fourth-order valence-corrected chi connectivity index (χ4v) is 5.16. The van der Waals surface area contributed by atoms with Gasteiger partial charge < -0.3 is 10.2 Å². The second-order valence-electron chi connectivity index (χ2n) is 7.24. The molecule has 0 spiro atoms. The van der Waals surface area contributed by atoms with E-state index in [0.717, 1.165) is 5.69 Å². The summed E-state index contributed by atoms with van der Waals surface area (Å²) in [6, 6.07) is 7.62. The Morgan fingerprint density at radius 3 is 2.36 bits per heavy atom. The van der Waals surface area contributed by atoms with Crippen LogP contribution in [0.3, 0.4) is 0 Å². The van der Waals surface area contributed by atoms with Gasteiger partial charge in [-0.3, -0.25) is 4.79 Å². The summed E-state index contributed by atoms with van der Waals surface area (Å²) in [5.41, 5.74) is 2.19. The van der Waals surface area contributed by atoms with Crippen LogP contribution in [0.15, 0.2) is 24.3 Å². The summed E-state index contributed by atoms with van der Waals surface area (Å²) in [5, 5.41) is 2.81. The number of hydrogen-bond donors (Lipinski definition) is 1. The summed E-state index contributed by atoms with van der Waals surface area (Å²) in [6.45, 7) is 6.66. The molecular weight excluding hydrogens is 300 g/mol. The Morgan fingerprint density at radius 1 is 1.14 bits per heavy atom. The molecule has 1 aromatic rings. The number of carbonyl (C=O) groups is 1. The molecule has 1 amide bonds. The first-order valence-electron chi connectivity index (χ1n) is 7.53. The lowest BCUT2D eigenvalue weighted by molar-refractivity contribution is -0.121. The lowest BCUT2D eigenvalue weighted by Gasteiger charge is -2.38. The van der Waals surface area contributed by atoms with Gasteiger partial charge in [-0.15, -0.1) is 0 Å². The predicted molar refractivity (Wildman–Crippen MR) is 86.9 cm³/mol. The second kappa shape index (κ2) is 4.98. The van der Waals surface area contributed by atoms with Crippen LogP contribution in [0.25, 0.3) is 0 Å². The van der Waals surface area contributed by atoms with E-state index < -0.39 is 9.84 Å². The van der Waals surface area contributed by atoms with Crippen molar-refractivity contribution in [2.75, 3.05) is 23.0 Å². The maximum absolute atomic E-state index is 11.9. The third-order valence-corrected chi connectivity index (χ3v) is 6.16. The molecule has 5 nitrogen and oxygen atoms in total. The topological polar surface area (TPSA) is 66.5 Å². The van der Waals surface area contributed by atoms with E-state index in [-0.39, 0.29) is 41.5 Å². The summed E-state index contributed by atoms with van der Waals surface area (Å²) < 4.78 is 23.8. The smallest absolute Gasteiger partial charge is 0.239 e. The van der Waals surface area contributed by atoms with Crippen molar-refractivity contribution in [2.24, 2.45) is 0 Å². The summed E-state index contributed by atoms with van der Waals surface area (Å²) in [7, 11) is -3.08. The molecule has 6 heteroatoms. The molecule has 2 fully saturated rings. The molecule has 22 heavy (non-hydrogen) atoms. The summed E-state index contributed by atoms with van der Waals surface area (Å²) in [4.78, 5) is 13.8. The van der Waals surface area contributed by atoms with E-state index in [2.05, 4.69) is 38.2 Å². The highest BCUT2D eigenvalue weighted by Crippen LogP contribution is 2.29. The quantitative estimate of drug-likeness (QED) is 0.840. The number of carbonyl (C=O) groups excluding carboxylic acids is 1. The maximum atomic E-state index is 11.9. The summed E-state index contributed by atoms with van der Waals surface area (Å²) in [5.74, 6) is 0.0390. The van der Waals surface area contributed by atoms with Gasteiger partial charge in [0.2, 0.25) is 5.91 Å². The first-order chi connectivity index (χ1) is 10.2. The minimum absolute atomic E-state index is 0.0416. The molecule has 2 aliphatic rings. The molecule has 0 radical (unpaired) electrons. The van der Waals surface area contributed by atoms with Crippen LogP contribution in [0, 0.1) is 0 Å². The number of piperazine rings is 1. The van der Waals surface area contributed by atoms with Crippen LogP contribution in [0.4, 0.5) is 5.69 Å². The van der Waals surface area contributed by atoms with E-state index in [1.54, 1.807) is 0 Å². The zero-order valence-corrected chi connectivity index (χ0v) is 14.0. The average molecular weight is 322 g/mol. The standard InChI is InChI=1S/C16H22N2O3S/c1-16(2,3)11-4-6-12(7-5-11)18-8-15(19)17-13-9-22(20,21)10-14(13)18/h4-7,13-14H,8-10H2,1-3H3,(H,17,19). The molecule has 0 bridgehead atoms. The lowest BCUT2D eigenvalue weighted by atomic mass is 9.87. The van der Waals surface area contributed by atoms with Gasteiger partial charge in [0.1, 0.15) is 0 Å². The Morgan fingerprint density at radius 2 is 1.77 bits per heavy atom. The minimum Gasteiger partial charge on any atom is -0.356 e. The highest BCUT2D eigenvalue weighted by molar-refractivity contribution is 7.91. The zero-order chi connectivity index (χ0) is 16.1. The number of anilines is 1. The maximum Gasteiger partial charge on any atom is 0.239 e. The number of nitrogens with one attached hydrogen (secondary N) is 1. The fraction of sp³-hybridized carbons (Fsp3) is 0.562. The third-order valence-electron chi connectivity index (χ3n) is 4.45. The second-order valence-corrected chi connectivity index (χ2v) is 9.40. The van der Waals surface area contributed by atoms with E-state index >= 15 is 0 Å².